The van der Waals surface area contributed by atoms with E-state index < -0.39 is 11.7 Å². The molecule has 1 heterocycles. The molecule has 1 saturated heterocycles. The highest BCUT2D eigenvalue weighted by Gasteiger charge is 2.31. The van der Waals surface area contributed by atoms with E-state index in [0.717, 1.165) is 38.8 Å². The maximum atomic E-state index is 12.8. The molecule has 1 aromatic rings. The van der Waals surface area contributed by atoms with Gasteiger partial charge in [-0.3, -0.25) is 4.90 Å². The second kappa shape index (κ2) is 8.57. The van der Waals surface area contributed by atoms with E-state index >= 15 is 0 Å². The quantitative estimate of drug-likeness (QED) is 0.664. The van der Waals surface area contributed by atoms with E-state index in [9.17, 15) is 13.2 Å². The molecule has 1 aliphatic rings. The molecule has 1 aliphatic heterocycles. The summed E-state index contributed by atoms with van der Waals surface area (Å²) < 4.78 is 38.4. The smallest absolute Gasteiger partial charge is 0.369 e. The average molecular weight is 328 g/mol. The van der Waals surface area contributed by atoms with Crippen LogP contribution in [0.2, 0.25) is 0 Å². The van der Waals surface area contributed by atoms with Gasteiger partial charge in [-0.15, -0.1) is 0 Å². The Bertz CT molecular complexity index is 466. The van der Waals surface area contributed by atoms with E-state index in [0.29, 0.717) is 5.69 Å². The highest BCUT2D eigenvalue weighted by Crippen LogP contribution is 2.31. The number of nitrogens with zero attached hydrogens (tertiary/aromatic N) is 2. The maximum absolute atomic E-state index is 12.8. The summed E-state index contributed by atoms with van der Waals surface area (Å²) in [6.45, 7) is 6.80. The van der Waals surface area contributed by atoms with Crippen LogP contribution in [-0.2, 0) is 6.18 Å². The molecule has 5 heteroatoms. The summed E-state index contributed by atoms with van der Waals surface area (Å²) in [7, 11) is 0. The fourth-order valence-corrected chi connectivity index (χ4v) is 3.05. The van der Waals surface area contributed by atoms with Crippen LogP contribution in [0.4, 0.5) is 18.9 Å². The molecule has 2 rings (SSSR count). The minimum Gasteiger partial charge on any atom is -0.369 e. The maximum Gasteiger partial charge on any atom is 0.416 e. The largest absolute Gasteiger partial charge is 0.416 e. The van der Waals surface area contributed by atoms with Crippen LogP contribution in [0, 0.1) is 0 Å². The molecule has 0 radical (unpaired) electrons. The standard InChI is InChI=1S/C18H27F3N2/c1-2-3-4-5-6-10-22-11-13-23(14-12-22)17-9-7-8-16(15-17)18(19,20)21/h7-9,15H,2-6,10-14H2,1H3. The summed E-state index contributed by atoms with van der Waals surface area (Å²) in [6, 6.07) is 5.67. The number of piperazine rings is 1. The van der Waals surface area contributed by atoms with Gasteiger partial charge in [0.1, 0.15) is 0 Å². The number of alkyl halides is 3. The van der Waals surface area contributed by atoms with Crippen molar-refractivity contribution in [2.45, 2.75) is 45.2 Å². The van der Waals surface area contributed by atoms with E-state index in [-0.39, 0.29) is 0 Å². The Labute approximate surface area is 137 Å². The van der Waals surface area contributed by atoms with Crippen LogP contribution in [0.15, 0.2) is 24.3 Å². The van der Waals surface area contributed by atoms with Crippen molar-refractivity contribution in [2.24, 2.45) is 0 Å². The molecule has 0 atom stereocenters. The van der Waals surface area contributed by atoms with Crippen molar-refractivity contribution in [3.8, 4) is 0 Å². The van der Waals surface area contributed by atoms with Crippen molar-refractivity contribution in [3.63, 3.8) is 0 Å². The third kappa shape index (κ3) is 5.72. The summed E-state index contributed by atoms with van der Waals surface area (Å²) in [5.74, 6) is 0. The van der Waals surface area contributed by atoms with Crippen LogP contribution in [-0.4, -0.2) is 37.6 Å². The van der Waals surface area contributed by atoms with Gasteiger partial charge in [-0.1, -0.05) is 38.7 Å². The first kappa shape index (κ1) is 18.1. The highest BCUT2D eigenvalue weighted by molar-refractivity contribution is 5.49. The number of anilines is 1. The van der Waals surface area contributed by atoms with Gasteiger partial charge in [0.15, 0.2) is 0 Å². The minimum atomic E-state index is -4.27. The van der Waals surface area contributed by atoms with Crippen LogP contribution in [0.3, 0.4) is 0 Å². The lowest BCUT2D eigenvalue weighted by Crippen LogP contribution is -2.46. The second-order valence-electron chi connectivity index (χ2n) is 6.29. The number of unbranched alkanes of at least 4 members (excludes halogenated alkanes) is 4. The van der Waals surface area contributed by atoms with Crippen LogP contribution >= 0.6 is 0 Å². The topological polar surface area (TPSA) is 6.48 Å². The number of benzene rings is 1. The lowest BCUT2D eigenvalue weighted by Gasteiger charge is -2.36. The van der Waals surface area contributed by atoms with Gasteiger partial charge in [0, 0.05) is 31.9 Å². The van der Waals surface area contributed by atoms with Crippen LogP contribution in [0.5, 0.6) is 0 Å². The Kier molecular flexibility index (Phi) is 6.75. The first-order valence-electron chi connectivity index (χ1n) is 8.65. The SMILES string of the molecule is CCCCCCCN1CCN(c2cccc(C(F)(F)F)c2)CC1. The molecule has 0 N–H and O–H groups in total. The molecule has 0 aliphatic carbocycles. The number of hydrogen-bond donors (Lipinski definition) is 0. The lowest BCUT2D eigenvalue weighted by atomic mass is 10.1. The zero-order valence-corrected chi connectivity index (χ0v) is 13.9. The third-order valence-electron chi connectivity index (χ3n) is 4.49. The summed E-state index contributed by atoms with van der Waals surface area (Å²) >= 11 is 0. The summed E-state index contributed by atoms with van der Waals surface area (Å²) in [4.78, 5) is 4.48. The predicted octanol–water partition coefficient (Wildman–Crippen LogP) is 4.80. The zero-order chi connectivity index (χ0) is 16.7. The van der Waals surface area contributed by atoms with E-state index in [2.05, 4.69) is 16.7 Å². The van der Waals surface area contributed by atoms with Gasteiger partial charge < -0.3 is 4.90 Å². The number of halogens is 3. The fraction of sp³-hybridized carbons (Fsp3) is 0.667. The molecule has 0 unspecified atom stereocenters. The monoisotopic (exact) mass is 328 g/mol. The Balaban J connectivity index is 1.78. The van der Waals surface area contributed by atoms with Gasteiger partial charge in [-0.2, -0.15) is 13.2 Å². The molecular formula is C18H27F3N2. The molecule has 1 fully saturated rings. The second-order valence-corrected chi connectivity index (χ2v) is 6.29. The molecule has 0 aromatic heterocycles. The number of rotatable bonds is 7. The van der Waals surface area contributed by atoms with E-state index in [1.54, 1.807) is 6.07 Å². The molecule has 0 amide bonds. The third-order valence-corrected chi connectivity index (χ3v) is 4.49. The van der Waals surface area contributed by atoms with Gasteiger partial charge in [0.05, 0.1) is 5.56 Å². The summed E-state index contributed by atoms with van der Waals surface area (Å²) in [6.07, 6.45) is 2.11. The molecular weight excluding hydrogens is 301 g/mol. The van der Waals surface area contributed by atoms with Crippen molar-refractivity contribution in [3.05, 3.63) is 29.8 Å². The van der Waals surface area contributed by atoms with Crippen LogP contribution < -0.4 is 4.90 Å². The van der Waals surface area contributed by atoms with E-state index in [1.165, 1.54) is 44.2 Å². The zero-order valence-electron chi connectivity index (χ0n) is 13.9. The molecule has 0 spiro atoms. The molecule has 1 aromatic carbocycles. The fourth-order valence-electron chi connectivity index (χ4n) is 3.05. The Morgan fingerprint density at radius 1 is 0.957 bits per heavy atom. The summed E-state index contributed by atoms with van der Waals surface area (Å²) in [5, 5.41) is 0. The molecule has 0 bridgehead atoms. The van der Waals surface area contributed by atoms with Crippen molar-refractivity contribution >= 4 is 5.69 Å². The van der Waals surface area contributed by atoms with Gasteiger partial charge >= 0.3 is 6.18 Å². The first-order chi connectivity index (χ1) is 11.0. The van der Waals surface area contributed by atoms with Crippen LogP contribution in [0.1, 0.15) is 44.6 Å². The predicted molar refractivity (Wildman–Crippen MR) is 88.9 cm³/mol. The number of hydrogen-bond acceptors (Lipinski definition) is 2. The minimum absolute atomic E-state index is 0.562. The van der Waals surface area contributed by atoms with Crippen molar-refractivity contribution in [1.29, 1.82) is 0 Å². The molecule has 2 nitrogen and oxygen atoms in total. The van der Waals surface area contributed by atoms with Gasteiger partial charge in [-0.05, 0) is 31.2 Å². The summed E-state index contributed by atoms with van der Waals surface area (Å²) in [5.41, 5.74) is 0.121. The van der Waals surface area contributed by atoms with Crippen LogP contribution in [0.25, 0.3) is 0 Å². The first-order valence-corrected chi connectivity index (χ1v) is 8.65. The normalized spacial score (nSPS) is 16.8. The molecule has 130 valence electrons. The Morgan fingerprint density at radius 3 is 2.30 bits per heavy atom. The van der Waals surface area contributed by atoms with Gasteiger partial charge in [-0.25, -0.2) is 0 Å². The lowest BCUT2D eigenvalue weighted by molar-refractivity contribution is -0.137. The Hall–Kier alpha value is -1.23. The van der Waals surface area contributed by atoms with Gasteiger partial charge in [0.25, 0.3) is 0 Å². The average Bonchev–Trinajstić information content (AvgIpc) is 2.55. The highest BCUT2D eigenvalue weighted by atomic mass is 19.4. The van der Waals surface area contributed by atoms with Crippen molar-refractivity contribution in [2.75, 3.05) is 37.6 Å². The van der Waals surface area contributed by atoms with Gasteiger partial charge in [0.2, 0.25) is 0 Å². The van der Waals surface area contributed by atoms with Crippen molar-refractivity contribution < 1.29 is 13.2 Å². The molecule has 0 saturated carbocycles. The van der Waals surface area contributed by atoms with E-state index in [4.69, 9.17) is 0 Å². The van der Waals surface area contributed by atoms with E-state index in [1.807, 2.05) is 0 Å². The Morgan fingerprint density at radius 2 is 1.65 bits per heavy atom. The van der Waals surface area contributed by atoms with Crippen molar-refractivity contribution in [1.82, 2.24) is 4.90 Å². The molecule has 23 heavy (non-hydrogen) atoms.